The summed E-state index contributed by atoms with van der Waals surface area (Å²) in [6.45, 7) is 11.9. The molecule has 33 heavy (non-hydrogen) atoms. The second-order valence-electron chi connectivity index (χ2n) is 8.91. The highest BCUT2D eigenvalue weighted by molar-refractivity contribution is 5.46. The van der Waals surface area contributed by atoms with E-state index < -0.39 is 6.10 Å². The van der Waals surface area contributed by atoms with Gasteiger partial charge in [0.15, 0.2) is 0 Å². The Labute approximate surface area is 200 Å². The number of likely N-dealkylation sites (tertiary alicyclic amines) is 1. The smallest absolute Gasteiger partial charge is 0.293 e. The highest BCUT2D eigenvalue weighted by Gasteiger charge is 2.30. The van der Waals surface area contributed by atoms with Crippen LogP contribution in [0.1, 0.15) is 59.1 Å². The lowest BCUT2D eigenvalue weighted by atomic mass is 9.98. The summed E-state index contributed by atoms with van der Waals surface area (Å²) >= 11 is 0. The molecule has 1 aromatic carbocycles. The SMILES string of the molecule is CC(C)(C)OC=O.CO.COC(C(C)C)C1CCCN1C.O=CNCC(O)c1ccccc1. The van der Waals surface area contributed by atoms with Crippen molar-refractivity contribution in [2.24, 2.45) is 5.92 Å². The molecule has 1 amide bonds. The predicted octanol–water partition coefficient (Wildman–Crippen LogP) is 2.78. The number of ether oxygens (including phenoxy) is 2. The fraction of sp³-hybridized carbons (Fsp3) is 0.680. The Morgan fingerprint density at radius 1 is 1.18 bits per heavy atom. The number of hydrogen-bond acceptors (Lipinski definition) is 7. The van der Waals surface area contributed by atoms with Crippen LogP contribution in [0, 0.1) is 5.92 Å². The normalized spacial score (nSPS) is 17.1. The number of carbonyl (C=O) groups is 2. The van der Waals surface area contributed by atoms with Crippen LogP contribution in [-0.2, 0) is 19.1 Å². The Balaban J connectivity index is 0. The average molecular weight is 471 g/mol. The summed E-state index contributed by atoms with van der Waals surface area (Å²) in [5.41, 5.74) is 0.494. The number of methoxy groups -OCH3 is 1. The van der Waals surface area contributed by atoms with Crippen molar-refractivity contribution in [1.29, 1.82) is 0 Å². The Hall–Kier alpha value is -2.00. The number of carbonyl (C=O) groups excluding carboxylic acids is 2. The molecule has 2 rings (SSSR count). The van der Waals surface area contributed by atoms with E-state index in [1.54, 1.807) is 0 Å². The van der Waals surface area contributed by atoms with Gasteiger partial charge in [-0.25, -0.2) is 0 Å². The minimum Gasteiger partial charge on any atom is -0.462 e. The van der Waals surface area contributed by atoms with Crippen LogP contribution in [0.5, 0.6) is 0 Å². The second-order valence-corrected chi connectivity index (χ2v) is 8.91. The van der Waals surface area contributed by atoms with E-state index in [1.807, 2.05) is 58.2 Å². The number of rotatable bonds is 8. The van der Waals surface area contributed by atoms with E-state index in [1.165, 1.54) is 19.4 Å². The monoisotopic (exact) mass is 470 g/mol. The number of hydrogen-bond donors (Lipinski definition) is 3. The summed E-state index contributed by atoms with van der Waals surface area (Å²) in [5.74, 6) is 0.626. The molecule has 1 heterocycles. The lowest BCUT2D eigenvalue weighted by Gasteiger charge is -2.30. The van der Waals surface area contributed by atoms with Crippen LogP contribution in [-0.4, -0.2) is 80.1 Å². The zero-order valence-electron chi connectivity index (χ0n) is 21.7. The average Bonchev–Trinajstić information content (AvgIpc) is 3.20. The molecule has 3 unspecified atom stereocenters. The Bertz CT molecular complexity index is 592. The first kappa shape index (κ1) is 33.2. The molecule has 1 aromatic rings. The molecule has 1 fully saturated rings. The van der Waals surface area contributed by atoms with Crippen LogP contribution in [0.2, 0.25) is 0 Å². The number of benzene rings is 1. The van der Waals surface area contributed by atoms with Gasteiger partial charge >= 0.3 is 0 Å². The van der Waals surface area contributed by atoms with E-state index in [0.29, 0.717) is 30.9 Å². The molecule has 0 aromatic heterocycles. The highest BCUT2D eigenvalue weighted by atomic mass is 16.5. The van der Waals surface area contributed by atoms with Crippen molar-refractivity contribution in [3.05, 3.63) is 35.9 Å². The minimum absolute atomic E-state index is 0.257. The summed E-state index contributed by atoms with van der Waals surface area (Å²) < 4.78 is 10.1. The van der Waals surface area contributed by atoms with Crippen LogP contribution >= 0.6 is 0 Å². The molecule has 1 aliphatic heterocycles. The first-order valence-electron chi connectivity index (χ1n) is 11.3. The van der Waals surface area contributed by atoms with Crippen molar-refractivity contribution < 1.29 is 29.3 Å². The molecule has 0 saturated carbocycles. The number of aliphatic hydroxyl groups is 2. The van der Waals surface area contributed by atoms with Gasteiger partial charge in [-0.15, -0.1) is 0 Å². The van der Waals surface area contributed by atoms with Gasteiger partial charge in [-0.3, -0.25) is 9.59 Å². The third-order valence-corrected chi connectivity index (χ3v) is 4.87. The molecule has 0 radical (unpaired) electrons. The van der Waals surface area contributed by atoms with Crippen LogP contribution in [0.15, 0.2) is 30.3 Å². The van der Waals surface area contributed by atoms with Gasteiger partial charge in [-0.1, -0.05) is 44.2 Å². The fourth-order valence-corrected chi connectivity index (χ4v) is 3.32. The molecule has 0 aliphatic carbocycles. The maximum Gasteiger partial charge on any atom is 0.293 e. The van der Waals surface area contributed by atoms with Crippen molar-refractivity contribution >= 4 is 12.9 Å². The first-order valence-corrected chi connectivity index (χ1v) is 11.3. The zero-order chi connectivity index (χ0) is 25.9. The van der Waals surface area contributed by atoms with Gasteiger partial charge in [0.25, 0.3) is 6.47 Å². The molecule has 3 N–H and O–H groups in total. The van der Waals surface area contributed by atoms with Gasteiger partial charge in [-0.2, -0.15) is 0 Å². The van der Waals surface area contributed by atoms with Gasteiger partial charge in [0.1, 0.15) is 5.60 Å². The van der Waals surface area contributed by atoms with E-state index in [9.17, 15) is 14.7 Å². The number of amides is 1. The molecule has 8 nitrogen and oxygen atoms in total. The van der Waals surface area contributed by atoms with Crippen molar-refractivity contribution in [2.45, 2.75) is 71.3 Å². The molecule has 3 atom stereocenters. The third-order valence-electron chi connectivity index (χ3n) is 4.87. The van der Waals surface area contributed by atoms with Crippen LogP contribution < -0.4 is 5.32 Å². The number of nitrogens with one attached hydrogen (secondary N) is 1. The molecular weight excluding hydrogens is 424 g/mol. The van der Waals surface area contributed by atoms with E-state index in [0.717, 1.165) is 12.7 Å². The van der Waals surface area contributed by atoms with E-state index in [2.05, 4.69) is 35.8 Å². The second kappa shape index (κ2) is 19.5. The minimum atomic E-state index is -0.614. The maximum atomic E-state index is 9.92. The summed E-state index contributed by atoms with van der Waals surface area (Å²) in [4.78, 5) is 21.9. The standard InChI is InChI=1S/C10H21NO.C9H11NO2.C5H10O2.CH4O/c1-8(2)10(12-4)9-6-5-7-11(9)3;11-7-10-6-9(12)8-4-2-1-3-5-8;1-5(2,3)7-4-6;1-2/h8-10H,5-7H2,1-4H3;1-5,7,9,12H,6H2,(H,10,11);4H,1-3H3;2H,1H3. The fourth-order valence-electron chi connectivity index (χ4n) is 3.32. The van der Waals surface area contributed by atoms with E-state index >= 15 is 0 Å². The highest BCUT2D eigenvalue weighted by Crippen LogP contribution is 2.24. The van der Waals surface area contributed by atoms with Gasteiger partial charge in [0.2, 0.25) is 6.41 Å². The Morgan fingerprint density at radius 2 is 1.76 bits per heavy atom. The van der Waals surface area contributed by atoms with Crippen molar-refractivity contribution in [3.63, 3.8) is 0 Å². The Kier molecular flexibility index (Phi) is 19.6. The quantitative estimate of drug-likeness (QED) is 0.501. The van der Waals surface area contributed by atoms with Crippen LogP contribution in [0.25, 0.3) is 0 Å². The summed E-state index contributed by atoms with van der Waals surface area (Å²) in [5, 5.41) is 18.8. The van der Waals surface area contributed by atoms with Crippen LogP contribution in [0.4, 0.5) is 0 Å². The third kappa shape index (κ3) is 16.3. The van der Waals surface area contributed by atoms with Crippen molar-refractivity contribution in [1.82, 2.24) is 10.2 Å². The van der Waals surface area contributed by atoms with E-state index in [-0.39, 0.29) is 12.1 Å². The molecule has 1 aliphatic rings. The number of aliphatic hydroxyl groups excluding tert-OH is 2. The van der Waals surface area contributed by atoms with Gasteiger partial charge in [0, 0.05) is 26.8 Å². The summed E-state index contributed by atoms with van der Waals surface area (Å²) in [6.07, 6.45) is 3.00. The first-order chi connectivity index (χ1) is 15.6. The number of likely N-dealkylation sites (N-methyl/N-ethyl adjacent to an activating group) is 1. The molecule has 192 valence electrons. The lowest BCUT2D eigenvalue weighted by molar-refractivity contribution is -0.138. The largest absolute Gasteiger partial charge is 0.462 e. The zero-order valence-corrected chi connectivity index (χ0v) is 21.7. The van der Waals surface area contributed by atoms with Gasteiger partial charge < -0.3 is 29.9 Å². The van der Waals surface area contributed by atoms with Crippen molar-refractivity contribution in [2.75, 3.05) is 34.4 Å². The number of nitrogens with zero attached hydrogens (tertiary/aromatic N) is 1. The topological polar surface area (TPSA) is 108 Å². The molecule has 8 heteroatoms. The predicted molar refractivity (Wildman–Crippen MR) is 132 cm³/mol. The van der Waals surface area contributed by atoms with E-state index in [4.69, 9.17) is 9.84 Å². The van der Waals surface area contributed by atoms with Gasteiger partial charge in [-0.05, 0) is 58.7 Å². The van der Waals surface area contributed by atoms with Crippen molar-refractivity contribution in [3.8, 4) is 0 Å². The van der Waals surface area contributed by atoms with Gasteiger partial charge in [0.05, 0.1) is 12.2 Å². The molecule has 0 spiro atoms. The molecule has 1 saturated heterocycles. The van der Waals surface area contributed by atoms with Crippen LogP contribution in [0.3, 0.4) is 0 Å². The maximum absolute atomic E-state index is 9.92. The molecular formula is C25H46N2O6. The summed E-state index contributed by atoms with van der Waals surface area (Å²) in [6, 6.07) is 9.85. The molecule has 0 bridgehead atoms. The Morgan fingerprint density at radius 3 is 2.09 bits per heavy atom. The lowest BCUT2D eigenvalue weighted by Crippen LogP contribution is -2.40. The summed E-state index contributed by atoms with van der Waals surface area (Å²) in [7, 11) is 5.03.